The van der Waals surface area contributed by atoms with E-state index in [0.717, 1.165) is 29.7 Å². The summed E-state index contributed by atoms with van der Waals surface area (Å²) in [5, 5.41) is 11.5. The van der Waals surface area contributed by atoms with E-state index in [1.807, 2.05) is 24.3 Å². The number of nitrogens with one attached hydrogen (secondary N) is 1. The van der Waals surface area contributed by atoms with Crippen LogP contribution in [0.4, 0.5) is 0 Å². The summed E-state index contributed by atoms with van der Waals surface area (Å²) in [7, 11) is 0. The second-order valence-corrected chi connectivity index (χ2v) is 7.70. The Morgan fingerprint density at radius 3 is 2.61 bits per heavy atom. The molecule has 0 unspecified atom stereocenters. The molecule has 28 heavy (non-hydrogen) atoms. The number of hydrogen-bond acceptors (Lipinski definition) is 5. The molecule has 1 fully saturated rings. The number of para-hydroxylation sites is 1. The second kappa shape index (κ2) is 10.1. The molecule has 0 saturated carbocycles. The van der Waals surface area contributed by atoms with Crippen LogP contribution in [-0.4, -0.2) is 29.1 Å². The van der Waals surface area contributed by atoms with E-state index in [2.05, 4.69) is 53.6 Å². The molecule has 6 heteroatoms. The molecule has 0 spiro atoms. The number of thioether (sulfide) groups is 1. The van der Waals surface area contributed by atoms with Gasteiger partial charge in [-0.05, 0) is 42.5 Å². The van der Waals surface area contributed by atoms with E-state index < -0.39 is 0 Å². The van der Waals surface area contributed by atoms with Crippen LogP contribution in [0.2, 0.25) is 0 Å². The van der Waals surface area contributed by atoms with Crippen molar-refractivity contribution in [2.45, 2.75) is 38.4 Å². The summed E-state index contributed by atoms with van der Waals surface area (Å²) in [4.78, 5) is 12.2. The maximum absolute atomic E-state index is 12.2. The molecule has 2 aromatic rings. The Morgan fingerprint density at radius 2 is 1.86 bits per heavy atom. The number of carbonyl (C=O) groups is 1. The maximum Gasteiger partial charge on any atom is 0.239 e. The number of hydrogen-bond donors (Lipinski definition) is 1. The molecule has 1 N–H and O–H groups in total. The molecule has 1 saturated heterocycles. The molecular formula is C22H25N3O2S. The van der Waals surface area contributed by atoms with Crippen LogP contribution in [0.15, 0.2) is 58.7 Å². The molecule has 1 aliphatic rings. The number of ether oxygens (including phenoxy) is 1. The van der Waals surface area contributed by atoms with Gasteiger partial charge in [-0.25, -0.2) is 0 Å². The third-order valence-corrected chi connectivity index (χ3v) is 5.43. The zero-order chi connectivity index (χ0) is 19.8. The average Bonchev–Trinajstić information content (AvgIpc) is 3.07. The van der Waals surface area contributed by atoms with Crippen molar-refractivity contribution in [3.05, 3.63) is 65.2 Å². The van der Waals surface area contributed by atoms with E-state index in [-0.39, 0.29) is 11.2 Å². The Morgan fingerprint density at radius 1 is 1.11 bits per heavy atom. The zero-order valence-corrected chi connectivity index (χ0v) is 17.0. The van der Waals surface area contributed by atoms with Crippen molar-refractivity contribution >= 4 is 29.1 Å². The Balaban J connectivity index is 1.61. The van der Waals surface area contributed by atoms with Crippen LogP contribution in [0.1, 0.15) is 37.0 Å². The first-order valence-corrected chi connectivity index (χ1v) is 10.5. The van der Waals surface area contributed by atoms with Crippen molar-refractivity contribution in [3.8, 4) is 5.75 Å². The normalized spacial score (nSPS) is 18.0. The molecule has 0 aromatic heterocycles. The average molecular weight is 396 g/mol. The lowest BCUT2D eigenvalue weighted by molar-refractivity contribution is -0.118. The van der Waals surface area contributed by atoms with Crippen LogP contribution in [0.5, 0.6) is 5.75 Å². The van der Waals surface area contributed by atoms with E-state index in [9.17, 15) is 4.79 Å². The molecule has 3 rings (SSSR count). The van der Waals surface area contributed by atoms with Crippen LogP contribution in [0.3, 0.4) is 0 Å². The molecule has 5 nitrogen and oxygen atoms in total. The summed E-state index contributed by atoms with van der Waals surface area (Å²) < 4.78 is 5.71. The van der Waals surface area contributed by atoms with Gasteiger partial charge in [0.25, 0.3) is 0 Å². The van der Waals surface area contributed by atoms with Crippen molar-refractivity contribution in [1.82, 2.24) is 5.32 Å². The minimum absolute atomic E-state index is 0.0230. The van der Waals surface area contributed by atoms with E-state index in [1.54, 1.807) is 6.21 Å². The highest BCUT2D eigenvalue weighted by Gasteiger charge is 2.30. The first kappa shape index (κ1) is 20.1. The minimum atomic E-state index is -0.179. The fourth-order valence-corrected chi connectivity index (χ4v) is 3.75. The topological polar surface area (TPSA) is 63.1 Å². The summed E-state index contributed by atoms with van der Waals surface area (Å²) in [6, 6.07) is 16.1. The summed E-state index contributed by atoms with van der Waals surface area (Å²) in [5.41, 5.74) is 3.31. The second-order valence-electron chi connectivity index (χ2n) is 6.51. The van der Waals surface area contributed by atoms with E-state index in [4.69, 9.17) is 4.74 Å². The van der Waals surface area contributed by atoms with Gasteiger partial charge < -0.3 is 10.1 Å². The first-order chi connectivity index (χ1) is 13.7. The van der Waals surface area contributed by atoms with Crippen LogP contribution in [0.25, 0.3) is 0 Å². The van der Waals surface area contributed by atoms with E-state index in [0.29, 0.717) is 18.2 Å². The van der Waals surface area contributed by atoms with Gasteiger partial charge in [0.05, 0.1) is 18.1 Å². The summed E-state index contributed by atoms with van der Waals surface area (Å²) >= 11 is 1.42. The molecule has 1 atom stereocenters. The van der Waals surface area contributed by atoms with Gasteiger partial charge in [0.15, 0.2) is 5.17 Å². The van der Waals surface area contributed by atoms with Gasteiger partial charge in [0, 0.05) is 5.56 Å². The molecule has 2 aromatic carbocycles. The Hall–Kier alpha value is -2.60. The number of nitrogens with zero attached hydrogens (tertiary/aromatic N) is 2. The quantitative estimate of drug-likeness (QED) is 0.538. The van der Waals surface area contributed by atoms with Crippen LogP contribution < -0.4 is 10.1 Å². The summed E-state index contributed by atoms with van der Waals surface area (Å²) in [6.07, 6.45) is 4.29. The monoisotopic (exact) mass is 395 g/mol. The van der Waals surface area contributed by atoms with Crippen LogP contribution in [0, 0.1) is 0 Å². The van der Waals surface area contributed by atoms with Gasteiger partial charge in [-0.2, -0.15) is 5.10 Å². The number of aryl methyl sites for hydroxylation is 1. The number of rotatable bonds is 8. The number of carbonyl (C=O) groups excluding carboxylic acids is 1. The minimum Gasteiger partial charge on any atom is -0.493 e. The molecule has 146 valence electrons. The number of amidine groups is 1. The number of amides is 1. The Labute approximate surface area is 170 Å². The molecule has 0 aliphatic carbocycles. The largest absolute Gasteiger partial charge is 0.493 e. The molecule has 0 radical (unpaired) electrons. The molecular weight excluding hydrogens is 370 g/mol. The van der Waals surface area contributed by atoms with Gasteiger partial charge in [-0.1, -0.05) is 62.0 Å². The Bertz CT molecular complexity index is 862. The summed E-state index contributed by atoms with van der Waals surface area (Å²) in [6.45, 7) is 4.86. The first-order valence-electron chi connectivity index (χ1n) is 9.57. The van der Waals surface area contributed by atoms with Crippen LogP contribution >= 0.6 is 11.8 Å². The van der Waals surface area contributed by atoms with Crippen molar-refractivity contribution in [2.75, 3.05) is 6.61 Å². The van der Waals surface area contributed by atoms with Crippen molar-refractivity contribution in [2.24, 2.45) is 10.2 Å². The van der Waals surface area contributed by atoms with Gasteiger partial charge >= 0.3 is 0 Å². The van der Waals surface area contributed by atoms with E-state index in [1.165, 1.54) is 17.3 Å². The molecule has 1 heterocycles. The highest BCUT2D eigenvalue weighted by molar-refractivity contribution is 8.15. The molecule has 1 amide bonds. The smallest absolute Gasteiger partial charge is 0.239 e. The van der Waals surface area contributed by atoms with Crippen molar-refractivity contribution < 1.29 is 9.53 Å². The van der Waals surface area contributed by atoms with Gasteiger partial charge in [0.1, 0.15) is 5.75 Å². The molecule has 0 bridgehead atoms. The third kappa shape index (κ3) is 5.45. The van der Waals surface area contributed by atoms with Gasteiger partial charge in [0.2, 0.25) is 5.91 Å². The predicted octanol–water partition coefficient (Wildman–Crippen LogP) is 4.20. The number of benzene rings is 2. The van der Waals surface area contributed by atoms with Gasteiger partial charge in [-0.3, -0.25) is 4.79 Å². The summed E-state index contributed by atoms with van der Waals surface area (Å²) in [5.74, 6) is 0.759. The predicted molar refractivity (Wildman–Crippen MR) is 116 cm³/mol. The molecule has 1 aliphatic heterocycles. The van der Waals surface area contributed by atoms with Gasteiger partial charge in [-0.15, -0.1) is 5.10 Å². The lowest BCUT2D eigenvalue weighted by atomic mass is 10.1. The van der Waals surface area contributed by atoms with Crippen molar-refractivity contribution in [1.29, 1.82) is 0 Å². The highest BCUT2D eigenvalue weighted by atomic mass is 32.2. The van der Waals surface area contributed by atoms with Crippen LogP contribution in [-0.2, 0) is 17.6 Å². The highest BCUT2D eigenvalue weighted by Crippen LogP contribution is 2.24. The standard InChI is InChI=1S/C22H25N3O2S/c1-3-13-27-19-8-6-5-7-18(19)15-23-25-22-24-21(26)20(28-22)14-17-11-9-16(4-2)10-12-17/h5-12,15,20H,3-4,13-14H2,1-2H3,(H,24,25,26)/b23-15-/t20-/m1/s1. The van der Waals surface area contributed by atoms with Crippen molar-refractivity contribution in [3.63, 3.8) is 0 Å². The maximum atomic E-state index is 12.2. The fourth-order valence-electron chi connectivity index (χ4n) is 2.79. The lowest BCUT2D eigenvalue weighted by Crippen LogP contribution is -2.25. The fraction of sp³-hybridized carbons (Fsp3) is 0.318. The lowest BCUT2D eigenvalue weighted by Gasteiger charge is -2.06. The SMILES string of the molecule is CCCOc1ccccc1/C=N\N=C1\NC(=O)[C@@H](Cc2ccc(CC)cc2)S1. The zero-order valence-electron chi connectivity index (χ0n) is 16.2. The third-order valence-electron chi connectivity index (χ3n) is 4.35. The van der Waals surface area contributed by atoms with E-state index >= 15 is 0 Å². The Kier molecular flexibility index (Phi) is 7.25.